The maximum atomic E-state index is 12.3. The van der Waals surface area contributed by atoms with Gasteiger partial charge in [0.15, 0.2) is 0 Å². The van der Waals surface area contributed by atoms with Crippen LogP contribution in [0, 0.1) is 0 Å². The normalized spacial score (nSPS) is 22.7. The van der Waals surface area contributed by atoms with E-state index in [0.29, 0.717) is 11.4 Å². The number of hydrogen-bond donors (Lipinski definition) is 2. The van der Waals surface area contributed by atoms with Crippen molar-refractivity contribution in [3.63, 3.8) is 0 Å². The van der Waals surface area contributed by atoms with E-state index in [1.165, 1.54) is 23.3 Å². The van der Waals surface area contributed by atoms with Crippen LogP contribution in [0.4, 0.5) is 0 Å². The average molecular weight is 285 g/mol. The van der Waals surface area contributed by atoms with Crippen molar-refractivity contribution in [3.05, 3.63) is 16.1 Å². The van der Waals surface area contributed by atoms with Crippen LogP contribution in [-0.2, 0) is 16.1 Å². The van der Waals surface area contributed by atoms with E-state index in [4.69, 9.17) is 15.6 Å². The van der Waals surface area contributed by atoms with Gasteiger partial charge >= 0.3 is 5.97 Å². The van der Waals surface area contributed by atoms with E-state index < -0.39 is 12.0 Å². The molecule has 0 aliphatic carbocycles. The second-order valence-electron chi connectivity index (χ2n) is 4.24. The lowest BCUT2D eigenvalue weighted by Crippen LogP contribution is -2.40. The monoisotopic (exact) mass is 285 g/mol. The molecule has 19 heavy (non-hydrogen) atoms. The first-order valence-corrected chi connectivity index (χ1v) is 6.65. The van der Waals surface area contributed by atoms with E-state index in [-0.39, 0.29) is 30.8 Å². The quantitative estimate of drug-likeness (QED) is 0.801. The van der Waals surface area contributed by atoms with Crippen LogP contribution in [0.1, 0.15) is 21.9 Å². The summed E-state index contributed by atoms with van der Waals surface area (Å²) in [5.74, 6) is -1.41. The number of likely N-dealkylation sites (tertiary alicyclic amines) is 1. The molecule has 8 heteroatoms. The molecule has 2 unspecified atom stereocenters. The van der Waals surface area contributed by atoms with Crippen molar-refractivity contribution in [2.75, 3.05) is 13.7 Å². The van der Waals surface area contributed by atoms with E-state index in [9.17, 15) is 9.59 Å². The maximum Gasteiger partial charge on any atom is 0.326 e. The van der Waals surface area contributed by atoms with Crippen molar-refractivity contribution in [2.45, 2.75) is 25.1 Å². The first kappa shape index (κ1) is 13.9. The zero-order valence-electron chi connectivity index (χ0n) is 10.4. The molecular weight excluding hydrogens is 270 g/mol. The third-order valence-electron chi connectivity index (χ3n) is 3.09. The molecule has 2 rings (SSSR count). The molecule has 1 amide bonds. The van der Waals surface area contributed by atoms with Crippen LogP contribution in [0.5, 0.6) is 0 Å². The van der Waals surface area contributed by atoms with Gasteiger partial charge in [0.25, 0.3) is 5.91 Å². The number of nitrogens with two attached hydrogens (primary N) is 1. The Labute approximate surface area is 114 Å². The summed E-state index contributed by atoms with van der Waals surface area (Å²) in [6.45, 7) is 0.531. The van der Waals surface area contributed by atoms with Crippen LogP contribution >= 0.6 is 11.3 Å². The number of carboxylic acid groups (broad SMARTS) is 1. The Hall–Kier alpha value is -1.51. The molecule has 2 atom stereocenters. The number of rotatable bonds is 4. The summed E-state index contributed by atoms with van der Waals surface area (Å²) in [5, 5.41) is 11.4. The van der Waals surface area contributed by atoms with Gasteiger partial charge in [-0.05, 0) is 0 Å². The Morgan fingerprint density at radius 3 is 2.95 bits per heavy atom. The highest BCUT2D eigenvalue weighted by Gasteiger charge is 2.40. The first-order valence-electron chi connectivity index (χ1n) is 5.77. The summed E-state index contributed by atoms with van der Waals surface area (Å²) in [5.41, 5.74) is 5.69. The predicted molar refractivity (Wildman–Crippen MR) is 67.9 cm³/mol. The summed E-state index contributed by atoms with van der Waals surface area (Å²) in [4.78, 5) is 28.8. The molecule has 0 radical (unpaired) electrons. The molecule has 1 aromatic rings. The zero-order valence-corrected chi connectivity index (χ0v) is 11.2. The number of thiazole rings is 1. The van der Waals surface area contributed by atoms with Crippen LogP contribution in [0.25, 0.3) is 0 Å². The number of hydrogen-bond acceptors (Lipinski definition) is 6. The molecule has 0 aromatic carbocycles. The van der Waals surface area contributed by atoms with E-state index >= 15 is 0 Å². The topological polar surface area (TPSA) is 106 Å². The number of aliphatic carboxylic acids is 1. The molecular formula is C11H15N3O4S. The van der Waals surface area contributed by atoms with Crippen LogP contribution in [0.15, 0.2) is 5.38 Å². The first-order chi connectivity index (χ1) is 9.06. The summed E-state index contributed by atoms with van der Waals surface area (Å²) in [6.07, 6.45) is 0.0449. The number of nitrogens with zero attached hydrogens (tertiary/aromatic N) is 2. The second kappa shape index (κ2) is 5.64. The molecule has 0 bridgehead atoms. The molecule has 2 heterocycles. The number of ether oxygens (including phenoxy) is 1. The van der Waals surface area contributed by atoms with Crippen LogP contribution in [0.2, 0.25) is 0 Å². The zero-order chi connectivity index (χ0) is 14.0. The molecule has 3 N–H and O–H groups in total. The van der Waals surface area contributed by atoms with Crippen molar-refractivity contribution in [1.29, 1.82) is 0 Å². The molecule has 0 saturated carbocycles. The summed E-state index contributed by atoms with van der Waals surface area (Å²) in [7, 11) is 1.51. The van der Waals surface area contributed by atoms with E-state index in [2.05, 4.69) is 4.98 Å². The van der Waals surface area contributed by atoms with E-state index in [0.717, 1.165) is 0 Å². The van der Waals surface area contributed by atoms with Crippen LogP contribution < -0.4 is 5.73 Å². The largest absolute Gasteiger partial charge is 0.480 e. The van der Waals surface area contributed by atoms with Gasteiger partial charge in [0.05, 0.1) is 6.10 Å². The highest BCUT2D eigenvalue weighted by molar-refractivity contribution is 7.09. The number of carbonyl (C=O) groups is 2. The van der Waals surface area contributed by atoms with Crippen LogP contribution in [-0.4, -0.2) is 52.7 Å². The number of methoxy groups -OCH3 is 1. The van der Waals surface area contributed by atoms with Crippen molar-refractivity contribution >= 4 is 23.2 Å². The lowest BCUT2D eigenvalue weighted by Gasteiger charge is -2.19. The van der Waals surface area contributed by atoms with E-state index in [1.807, 2.05) is 0 Å². The molecule has 1 saturated heterocycles. The molecule has 7 nitrogen and oxygen atoms in total. The fourth-order valence-electron chi connectivity index (χ4n) is 2.08. The third kappa shape index (κ3) is 2.75. The van der Waals surface area contributed by atoms with Gasteiger partial charge in [-0.25, -0.2) is 9.78 Å². The van der Waals surface area contributed by atoms with Gasteiger partial charge in [0, 0.05) is 32.0 Å². The number of aromatic nitrogens is 1. The molecule has 1 aliphatic heterocycles. The maximum absolute atomic E-state index is 12.3. The van der Waals surface area contributed by atoms with Gasteiger partial charge in [-0.1, -0.05) is 0 Å². The van der Waals surface area contributed by atoms with Crippen LogP contribution in [0.3, 0.4) is 0 Å². The Kier molecular flexibility index (Phi) is 4.13. The summed E-state index contributed by atoms with van der Waals surface area (Å²) < 4.78 is 5.14. The summed E-state index contributed by atoms with van der Waals surface area (Å²) >= 11 is 1.29. The molecule has 0 spiro atoms. The van der Waals surface area contributed by atoms with Gasteiger partial charge in [0.2, 0.25) is 0 Å². The minimum Gasteiger partial charge on any atom is -0.480 e. The highest BCUT2D eigenvalue weighted by Crippen LogP contribution is 2.23. The second-order valence-corrected chi connectivity index (χ2v) is 5.18. The van der Waals surface area contributed by atoms with E-state index in [1.54, 1.807) is 5.38 Å². The fourth-order valence-corrected chi connectivity index (χ4v) is 2.73. The molecule has 1 fully saturated rings. The Bertz CT molecular complexity index is 490. The highest BCUT2D eigenvalue weighted by atomic mass is 32.1. The predicted octanol–water partition coefficient (Wildman–Crippen LogP) is -0.0841. The Morgan fingerprint density at radius 1 is 1.68 bits per heavy atom. The lowest BCUT2D eigenvalue weighted by molar-refractivity contribution is -0.141. The van der Waals surface area contributed by atoms with Crippen molar-refractivity contribution < 1.29 is 19.4 Å². The Morgan fingerprint density at radius 2 is 2.42 bits per heavy atom. The lowest BCUT2D eigenvalue weighted by atomic mass is 10.2. The van der Waals surface area contributed by atoms with Gasteiger partial charge in [-0.2, -0.15) is 0 Å². The van der Waals surface area contributed by atoms with Crippen molar-refractivity contribution in [1.82, 2.24) is 9.88 Å². The standard InChI is InChI=1S/C11H15N3O4S/c1-18-6-2-8(11(16)17)14(4-6)10(15)7-5-19-9(3-12)13-7/h5-6,8H,2-4,12H2,1H3,(H,16,17). The molecule has 1 aliphatic rings. The van der Waals surface area contributed by atoms with Crippen molar-refractivity contribution in [2.24, 2.45) is 5.73 Å². The van der Waals surface area contributed by atoms with Crippen molar-refractivity contribution in [3.8, 4) is 0 Å². The minimum atomic E-state index is -1.03. The van der Waals surface area contributed by atoms with Gasteiger partial charge < -0.3 is 20.5 Å². The average Bonchev–Trinajstić information content (AvgIpc) is 3.04. The molecule has 1 aromatic heterocycles. The summed E-state index contributed by atoms with van der Waals surface area (Å²) in [6, 6.07) is -0.861. The number of carbonyl (C=O) groups excluding carboxylic acids is 1. The van der Waals surface area contributed by atoms with Gasteiger partial charge in [0.1, 0.15) is 16.7 Å². The number of amides is 1. The Balaban J connectivity index is 2.18. The third-order valence-corrected chi connectivity index (χ3v) is 3.96. The minimum absolute atomic E-state index is 0.244. The number of carboxylic acids is 1. The SMILES string of the molecule is COC1CC(C(=O)O)N(C(=O)c2csc(CN)n2)C1. The van der Waals surface area contributed by atoms with Gasteiger partial charge in [-0.15, -0.1) is 11.3 Å². The fraction of sp³-hybridized carbons (Fsp3) is 0.545. The van der Waals surface area contributed by atoms with Gasteiger partial charge in [-0.3, -0.25) is 4.79 Å². The smallest absolute Gasteiger partial charge is 0.326 e. The molecule has 104 valence electrons.